The van der Waals surface area contributed by atoms with E-state index < -0.39 is 11.8 Å². The molecule has 0 atom stereocenters. The minimum Gasteiger partial charge on any atom is -0.452 e. The third kappa shape index (κ3) is 3.69. The van der Waals surface area contributed by atoms with Crippen LogP contribution in [0.2, 0.25) is 0 Å². The number of hydrogen-bond donors (Lipinski definition) is 0. The van der Waals surface area contributed by atoms with Gasteiger partial charge in [-0.3, -0.25) is 9.78 Å². The molecule has 1 amide bonds. The van der Waals surface area contributed by atoms with Crippen molar-refractivity contribution in [2.45, 2.75) is 6.92 Å². The van der Waals surface area contributed by atoms with E-state index in [9.17, 15) is 14.0 Å². The Kier molecular flexibility index (Phi) is 4.93. The van der Waals surface area contributed by atoms with E-state index in [1.807, 2.05) is 18.2 Å². The number of halogens is 1. The first-order valence-electron chi connectivity index (χ1n) is 8.01. The van der Waals surface area contributed by atoms with E-state index in [-0.39, 0.29) is 18.1 Å². The third-order valence-corrected chi connectivity index (χ3v) is 4.03. The van der Waals surface area contributed by atoms with Crippen LogP contribution in [0, 0.1) is 12.7 Å². The van der Waals surface area contributed by atoms with Gasteiger partial charge in [0.2, 0.25) is 0 Å². The summed E-state index contributed by atoms with van der Waals surface area (Å²) in [6.07, 6.45) is 0. The molecule has 0 bridgehead atoms. The summed E-state index contributed by atoms with van der Waals surface area (Å²) in [4.78, 5) is 30.2. The van der Waals surface area contributed by atoms with Crippen LogP contribution in [0.15, 0.2) is 54.6 Å². The zero-order valence-corrected chi connectivity index (χ0v) is 14.4. The number of pyridine rings is 1. The standard InChI is InChI=1S/C20H17FN2O3/c1-13-17(10-14-8-9-15(21)11-18(14)22-13)20(25)26-12-19(24)23(2)16-6-4-3-5-7-16/h3-11H,12H2,1-2H3. The molecule has 0 radical (unpaired) electrons. The van der Waals surface area contributed by atoms with E-state index in [1.54, 1.807) is 38.2 Å². The Morgan fingerprint density at radius 3 is 2.58 bits per heavy atom. The molecule has 2 aromatic carbocycles. The molecular formula is C20H17FN2O3. The zero-order valence-electron chi connectivity index (χ0n) is 14.4. The normalized spacial score (nSPS) is 10.6. The van der Waals surface area contributed by atoms with Crippen LogP contribution in [-0.2, 0) is 9.53 Å². The lowest BCUT2D eigenvalue weighted by Crippen LogP contribution is -2.31. The van der Waals surface area contributed by atoms with Gasteiger partial charge in [0, 0.05) is 24.2 Å². The van der Waals surface area contributed by atoms with Gasteiger partial charge in [-0.15, -0.1) is 0 Å². The molecule has 0 aliphatic carbocycles. The van der Waals surface area contributed by atoms with E-state index in [0.717, 1.165) is 0 Å². The third-order valence-electron chi connectivity index (χ3n) is 4.03. The molecule has 3 rings (SSSR count). The van der Waals surface area contributed by atoms with Gasteiger partial charge in [-0.1, -0.05) is 18.2 Å². The topological polar surface area (TPSA) is 59.5 Å². The van der Waals surface area contributed by atoms with E-state index in [0.29, 0.717) is 22.3 Å². The van der Waals surface area contributed by atoms with Crippen molar-refractivity contribution in [1.82, 2.24) is 4.98 Å². The smallest absolute Gasteiger partial charge is 0.340 e. The highest BCUT2D eigenvalue weighted by atomic mass is 19.1. The maximum absolute atomic E-state index is 13.3. The molecular weight excluding hydrogens is 335 g/mol. The summed E-state index contributed by atoms with van der Waals surface area (Å²) in [7, 11) is 1.61. The minimum atomic E-state index is -0.643. The Labute approximate surface area is 150 Å². The SMILES string of the molecule is Cc1nc2cc(F)ccc2cc1C(=O)OCC(=O)N(C)c1ccccc1. The molecule has 3 aromatic rings. The predicted octanol–water partition coefficient (Wildman–Crippen LogP) is 3.50. The van der Waals surface area contributed by atoms with Crippen molar-refractivity contribution in [3.63, 3.8) is 0 Å². The molecule has 26 heavy (non-hydrogen) atoms. The maximum atomic E-state index is 13.3. The lowest BCUT2D eigenvalue weighted by atomic mass is 10.1. The quantitative estimate of drug-likeness (QED) is 0.674. The number of likely N-dealkylation sites (N-methyl/N-ethyl adjacent to an activating group) is 1. The molecule has 1 heterocycles. The molecule has 0 N–H and O–H groups in total. The number of para-hydroxylation sites is 1. The van der Waals surface area contributed by atoms with Crippen LogP contribution in [0.1, 0.15) is 16.1 Å². The van der Waals surface area contributed by atoms with Gasteiger partial charge >= 0.3 is 5.97 Å². The van der Waals surface area contributed by atoms with Crippen molar-refractivity contribution < 1.29 is 18.7 Å². The molecule has 132 valence electrons. The minimum absolute atomic E-state index is 0.249. The number of benzene rings is 2. The van der Waals surface area contributed by atoms with Gasteiger partial charge in [0.15, 0.2) is 6.61 Å². The molecule has 0 unspecified atom stereocenters. The second kappa shape index (κ2) is 7.31. The fourth-order valence-corrected chi connectivity index (χ4v) is 2.54. The average Bonchev–Trinajstić information content (AvgIpc) is 2.65. The van der Waals surface area contributed by atoms with Crippen molar-refractivity contribution in [3.8, 4) is 0 Å². The van der Waals surface area contributed by atoms with E-state index in [4.69, 9.17) is 4.74 Å². The average molecular weight is 352 g/mol. The molecule has 0 fully saturated rings. The van der Waals surface area contributed by atoms with Crippen molar-refractivity contribution in [2.24, 2.45) is 0 Å². The molecule has 5 nitrogen and oxygen atoms in total. The highest BCUT2D eigenvalue weighted by molar-refractivity contribution is 5.98. The summed E-state index contributed by atoms with van der Waals surface area (Å²) in [5, 5.41) is 0.622. The van der Waals surface area contributed by atoms with Crippen LogP contribution in [0.5, 0.6) is 0 Å². The van der Waals surface area contributed by atoms with Gasteiger partial charge in [-0.25, -0.2) is 9.18 Å². The van der Waals surface area contributed by atoms with Gasteiger partial charge in [0.25, 0.3) is 5.91 Å². The van der Waals surface area contributed by atoms with Gasteiger partial charge in [0.05, 0.1) is 16.8 Å². The summed E-state index contributed by atoms with van der Waals surface area (Å²) < 4.78 is 18.4. The van der Waals surface area contributed by atoms with Crippen LogP contribution in [-0.4, -0.2) is 30.5 Å². The Morgan fingerprint density at radius 1 is 1.12 bits per heavy atom. The highest BCUT2D eigenvalue weighted by Gasteiger charge is 2.17. The monoisotopic (exact) mass is 352 g/mol. The maximum Gasteiger partial charge on any atom is 0.340 e. The lowest BCUT2D eigenvalue weighted by molar-refractivity contribution is -0.121. The van der Waals surface area contributed by atoms with E-state index in [2.05, 4.69) is 4.98 Å². The predicted molar refractivity (Wildman–Crippen MR) is 96.6 cm³/mol. The van der Waals surface area contributed by atoms with Crippen molar-refractivity contribution in [1.29, 1.82) is 0 Å². The number of ether oxygens (including phenoxy) is 1. The Balaban J connectivity index is 1.72. The zero-order chi connectivity index (χ0) is 18.7. The summed E-state index contributed by atoms with van der Waals surface area (Å²) in [5.74, 6) is -1.39. The van der Waals surface area contributed by atoms with Crippen molar-refractivity contribution in [3.05, 3.63) is 71.7 Å². The summed E-state index contributed by atoms with van der Waals surface area (Å²) in [6, 6.07) is 14.8. The number of carbonyl (C=O) groups excluding carboxylic acids is 2. The lowest BCUT2D eigenvalue weighted by Gasteiger charge is -2.17. The molecule has 6 heteroatoms. The van der Waals surface area contributed by atoms with Crippen LogP contribution in [0.3, 0.4) is 0 Å². The van der Waals surface area contributed by atoms with Crippen molar-refractivity contribution in [2.75, 3.05) is 18.6 Å². The molecule has 0 saturated carbocycles. The van der Waals surface area contributed by atoms with E-state index >= 15 is 0 Å². The largest absolute Gasteiger partial charge is 0.452 e. The Hall–Kier alpha value is -3.28. The first kappa shape index (κ1) is 17.5. The second-order valence-corrected chi connectivity index (χ2v) is 5.82. The Morgan fingerprint density at radius 2 is 1.85 bits per heavy atom. The second-order valence-electron chi connectivity index (χ2n) is 5.82. The van der Waals surface area contributed by atoms with E-state index in [1.165, 1.54) is 17.0 Å². The number of nitrogens with zero attached hydrogens (tertiary/aromatic N) is 2. The number of rotatable bonds is 4. The fourth-order valence-electron chi connectivity index (χ4n) is 2.54. The van der Waals surface area contributed by atoms with Gasteiger partial charge in [-0.2, -0.15) is 0 Å². The molecule has 1 aromatic heterocycles. The van der Waals surface area contributed by atoms with Gasteiger partial charge < -0.3 is 9.64 Å². The van der Waals surface area contributed by atoms with Crippen LogP contribution in [0.4, 0.5) is 10.1 Å². The van der Waals surface area contributed by atoms with Gasteiger partial charge in [-0.05, 0) is 37.3 Å². The van der Waals surface area contributed by atoms with Crippen LogP contribution >= 0.6 is 0 Å². The highest BCUT2D eigenvalue weighted by Crippen LogP contribution is 2.19. The molecule has 0 aliphatic heterocycles. The molecule has 0 aliphatic rings. The molecule has 0 saturated heterocycles. The number of aromatic nitrogens is 1. The summed E-state index contributed by atoms with van der Waals surface area (Å²) in [6.45, 7) is 1.25. The number of hydrogen-bond acceptors (Lipinski definition) is 4. The number of esters is 1. The molecule has 0 spiro atoms. The summed E-state index contributed by atoms with van der Waals surface area (Å²) in [5.41, 5.74) is 1.83. The fraction of sp³-hybridized carbons (Fsp3) is 0.150. The Bertz CT molecular complexity index is 973. The van der Waals surface area contributed by atoms with Crippen molar-refractivity contribution >= 4 is 28.5 Å². The van der Waals surface area contributed by atoms with Crippen LogP contribution in [0.25, 0.3) is 10.9 Å². The number of aryl methyl sites for hydroxylation is 1. The number of amides is 1. The summed E-state index contributed by atoms with van der Waals surface area (Å²) >= 11 is 0. The first-order chi connectivity index (χ1) is 12.5. The number of carbonyl (C=O) groups is 2. The van der Waals surface area contributed by atoms with Gasteiger partial charge in [0.1, 0.15) is 5.82 Å². The number of anilines is 1. The van der Waals surface area contributed by atoms with Crippen LogP contribution < -0.4 is 4.90 Å². The number of fused-ring (bicyclic) bond motifs is 1. The first-order valence-corrected chi connectivity index (χ1v) is 8.01.